The Kier molecular flexibility index (Phi) is 7.61. The van der Waals surface area contributed by atoms with Gasteiger partial charge < -0.3 is 4.42 Å². The number of hydrogen-bond acceptors (Lipinski definition) is 1. The van der Waals surface area contributed by atoms with Crippen molar-refractivity contribution in [2.75, 3.05) is 0 Å². The third kappa shape index (κ3) is 5.55. The van der Waals surface area contributed by atoms with Crippen LogP contribution in [0.4, 0.5) is 0 Å². The van der Waals surface area contributed by atoms with Crippen LogP contribution < -0.4 is 0 Å². The molecule has 0 spiro atoms. The second-order valence-electron chi connectivity index (χ2n) is 15.6. The van der Waals surface area contributed by atoms with Crippen molar-refractivity contribution < 1.29 is 4.42 Å². The van der Waals surface area contributed by atoms with Crippen molar-refractivity contribution in [2.45, 2.75) is 0 Å². The van der Waals surface area contributed by atoms with Crippen molar-refractivity contribution in [3.8, 4) is 67.0 Å². The van der Waals surface area contributed by atoms with Crippen LogP contribution in [-0.4, -0.2) is 0 Å². The van der Waals surface area contributed by atoms with Gasteiger partial charge in [-0.15, -0.1) is 0 Å². The summed E-state index contributed by atoms with van der Waals surface area (Å²) in [4.78, 5) is 0. The van der Waals surface area contributed by atoms with Crippen molar-refractivity contribution in [2.24, 2.45) is 0 Å². The van der Waals surface area contributed by atoms with Crippen LogP contribution >= 0.6 is 0 Å². The summed E-state index contributed by atoms with van der Waals surface area (Å²) in [5.74, 6) is 0.898. The molecule has 0 aliphatic heterocycles. The molecular weight excluding hydrogens is 713 g/mol. The number of rotatable bonds is 6. The highest BCUT2D eigenvalue weighted by Gasteiger charge is 2.19. The highest BCUT2D eigenvalue weighted by atomic mass is 16.3. The van der Waals surface area contributed by atoms with E-state index in [0.717, 1.165) is 39.0 Å². The van der Waals surface area contributed by atoms with Crippen LogP contribution in [0, 0.1) is 0 Å². The van der Waals surface area contributed by atoms with Crippen LogP contribution in [0.1, 0.15) is 0 Å². The van der Waals surface area contributed by atoms with Crippen molar-refractivity contribution in [3.05, 3.63) is 218 Å². The largest absolute Gasteiger partial charge is 0.455 e. The molecule has 0 saturated carbocycles. The number of benzene rings is 11. The van der Waals surface area contributed by atoms with E-state index in [1.54, 1.807) is 0 Å². The van der Waals surface area contributed by atoms with Crippen LogP contribution in [0.2, 0.25) is 0 Å². The highest BCUT2D eigenvalue weighted by molar-refractivity contribution is 6.27. The van der Waals surface area contributed by atoms with E-state index < -0.39 is 0 Å². The molecule has 11 aromatic carbocycles. The van der Waals surface area contributed by atoms with Gasteiger partial charge >= 0.3 is 0 Å². The molecule has 0 unspecified atom stereocenters. The first-order chi connectivity index (χ1) is 29.2. The van der Waals surface area contributed by atoms with E-state index in [0.29, 0.717) is 0 Å². The maximum atomic E-state index is 6.57. The first-order valence-corrected chi connectivity index (χ1v) is 20.3. The second kappa shape index (κ2) is 13.4. The van der Waals surface area contributed by atoms with Crippen molar-refractivity contribution in [1.82, 2.24) is 0 Å². The van der Waals surface area contributed by atoms with Crippen LogP contribution in [0.15, 0.2) is 223 Å². The predicted octanol–water partition coefficient (Wildman–Crippen LogP) is 16.5. The maximum Gasteiger partial charge on any atom is 0.143 e. The standard InChI is InChI=1S/C58H36O/c1-3-11-40(12-4-1)57-53-36-47(28-33-54(53)59-58(57)43-13-5-2-6-14-43)38-18-21-39(22-19-38)49-29-24-41-27-32-52-50(30-25-42-26-31-51(49)55(41)56(42)52)48-17-9-16-45(35-48)46-23-20-37-10-7-8-15-44(37)34-46/h1-36H. The number of hydrogen-bond donors (Lipinski definition) is 0. The Morgan fingerprint density at radius 2 is 0.763 bits per heavy atom. The Balaban J connectivity index is 0.936. The molecule has 0 saturated heterocycles. The topological polar surface area (TPSA) is 13.1 Å². The SMILES string of the molecule is c1ccc(-c2oc3ccc(-c4ccc(-c5ccc6ccc7c(-c8cccc(-c9ccc%10ccccc%10c9)c8)ccc8ccc5c6c87)cc4)cc3c2-c2ccccc2)cc1. The maximum absolute atomic E-state index is 6.57. The van der Waals surface area contributed by atoms with Gasteiger partial charge in [-0.1, -0.05) is 194 Å². The third-order valence-electron chi connectivity index (χ3n) is 12.2. The van der Waals surface area contributed by atoms with Crippen LogP contribution in [0.3, 0.4) is 0 Å². The molecule has 0 atom stereocenters. The van der Waals surface area contributed by atoms with E-state index >= 15 is 0 Å². The summed E-state index contributed by atoms with van der Waals surface area (Å²) in [6, 6.07) is 79.4. The van der Waals surface area contributed by atoms with Gasteiger partial charge in [0.25, 0.3) is 0 Å². The van der Waals surface area contributed by atoms with Gasteiger partial charge in [-0.3, -0.25) is 0 Å². The van der Waals surface area contributed by atoms with Crippen molar-refractivity contribution in [3.63, 3.8) is 0 Å². The van der Waals surface area contributed by atoms with Gasteiger partial charge in [0.2, 0.25) is 0 Å². The Hall–Kier alpha value is -7.74. The summed E-state index contributed by atoms with van der Waals surface area (Å²) in [6.07, 6.45) is 0. The normalized spacial score (nSPS) is 11.7. The van der Waals surface area contributed by atoms with E-state index in [1.807, 2.05) is 6.07 Å². The first kappa shape index (κ1) is 33.4. The summed E-state index contributed by atoms with van der Waals surface area (Å²) in [6.45, 7) is 0. The van der Waals surface area contributed by atoms with Gasteiger partial charge in [-0.05, 0) is 117 Å². The molecule has 1 heterocycles. The molecule has 12 rings (SSSR count). The molecule has 0 amide bonds. The molecule has 0 aliphatic carbocycles. The summed E-state index contributed by atoms with van der Waals surface area (Å²) in [5.41, 5.74) is 13.9. The molecular formula is C58H36O. The van der Waals surface area contributed by atoms with Crippen molar-refractivity contribution in [1.29, 1.82) is 0 Å². The number of fused-ring (bicyclic) bond motifs is 2. The molecule has 0 bridgehead atoms. The molecule has 0 fully saturated rings. The minimum Gasteiger partial charge on any atom is -0.455 e. The first-order valence-electron chi connectivity index (χ1n) is 20.3. The van der Waals surface area contributed by atoms with Gasteiger partial charge in [0.1, 0.15) is 11.3 Å². The lowest BCUT2D eigenvalue weighted by Crippen LogP contribution is -1.90. The minimum absolute atomic E-state index is 0.887. The van der Waals surface area contributed by atoms with Gasteiger partial charge in [-0.25, -0.2) is 0 Å². The Labute approximate surface area is 342 Å². The lowest BCUT2D eigenvalue weighted by molar-refractivity contribution is 0.632. The molecule has 59 heavy (non-hydrogen) atoms. The van der Waals surface area contributed by atoms with E-state index in [4.69, 9.17) is 4.42 Å². The fraction of sp³-hybridized carbons (Fsp3) is 0. The second-order valence-corrected chi connectivity index (χ2v) is 15.6. The molecule has 274 valence electrons. The van der Waals surface area contributed by atoms with Crippen LogP contribution in [-0.2, 0) is 0 Å². The lowest BCUT2D eigenvalue weighted by Gasteiger charge is -2.17. The molecule has 1 nitrogen and oxygen atoms in total. The Morgan fingerprint density at radius 3 is 1.49 bits per heavy atom. The summed E-state index contributed by atoms with van der Waals surface area (Å²) in [7, 11) is 0. The van der Waals surface area contributed by atoms with Gasteiger partial charge in [-0.2, -0.15) is 0 Å². The lowest BCUT2D eigenvalue weighted by atomic mass is 9.86. The monoisotopic (exact) mass is 748 g/mol. The quantitative estimate of drug-likeness (QED) is 0.154. The van der Waals surface area contributed by atoms with E-state index in [2.05, 4.69) is 212 Å². The van der Waals surface area contributed by atoms with Gasteiger partial charge in [0.05, 0.1) is 0 Å². The van der Waals surface area contributed by atoms with Crippen LogP contribution in [0.5, 0.6) is 0 Å². The van der Waals surface area contributed by atoms with Gasteiger partial charge in [0, 0.05) is 16.5 Å². The average molecular weight is 749 g/mol. The van der Waals surface area contributed by atoms with Gasteiger partial charge in [0.15, 0.2) is 0 Å². The zero-order valence-corrected chi connectivity index (χ0v) is 32.2. The van der Waals surface area contributed by atoms with Crippen molar-refractivity contribution >= 4 is 54.1 Å². The number of furan rings is 1. The zero-order chi connectivity index (χ0) is 38.9. The molecule has 1 aromatic heterocycles. The molecule has 0 aliphatic rings. The summed E-state index contributed by atoms with van der Waals surface area (Å²) >= 11 is 0. The molecule has 0 radical (unpaired) electrons. The molecule has 1 heteroatoms. The van der Waals surface area contributed by atoms with Crippen LogP contribution in [0.25, 0.3) is 121 Å². The van der Waals surface area contributed by atoms with E-state index in [9.17, 15) is 0 Å². The zero-order valence-electron chi connectivity index (χ0n) is 32.2. The highest BCUT2D eigenvalue weighted by Crippen LogP contribution is 2.45. The minimum atomic E-state index is 0.887. The average Bonchev–Trinajstić information content (AvgIpc) is 3.70. The predicted molar refractivity (Wildman–Crippen MR) is 250 cm³/mol. The Morgan fingerprint density at radius 1 is 0.254 bits per heavy atom. The summed E-state index contributed by atoms with van der Waals surface area (Å²) < 4.78 is 6.57. The smallest absolute Gasteiger partial charge is 0.143 e. The Bertz CT molecular complexity index is 3520. The third-order valence-corrected chi connectivity index (χ3v) is 12.2. The fourth-order valence-corrected chi connectivity index (χ4v) is 9.34. The van der Waals surface area contributed by atoms with E-state index in [1.165, 1.54) is 82.0 Å². The molecule has 0 N–H and O–H groups in total. The molecule has 12 aromatic rings. The summed E-state index contributed by atoms with van der Waals surface area (Å²) in [5, 5.41) is 11.4. The van der Waals surface area contributed by atoms with E-state index in [-0.39, 0.29) is 0 Å². The fourth-order valence-electron chi connectivity index (χ4n) is 9.34.